The van der Waals surface area contributed by atoms with Gasteiger partial charge in [-0.05, 0) is 73.8 Å². The van der Waals surface area contributed by atoms with Gasteiger partial charge in [-0.15, -0.1) is 0 Å². The molecule has 4 saturated carbocycles. The van der Waals surface area contributed by atoms with Gasteiger partial charge in [0.1, 0.15) is 5.75 Å². The Hall–Kier alpha value is -2.10. The summed E-state index contributed by atoms with van der Waals surface area (Å²) in [5, 5.41) is 0. The maximum Gasteiger partial charge on any atom is 0.333 e. The Morgan fingerprint density at radius 3 is 2.59 bits per heavy atom. The SMILES string of the molecule is C=C(C(=O)OC)C12C3CCC(C3)C1C1CC2CC1C(=O)Oc1ccccc1. The van der Waals surface area contributed by atoms with E-state index < -0.39 is 0 Å². The largest absolute Gasteiger partial charge is 0.466 e. The number of carbonyl (C=O) groups is 2. The molecular weight excluding hydrogens is 340 g/mol. The van der Waals surface area contributed by atoms with Crippen molar-refractivity contribution >= 4 is 11.9 Å². The fraction of sp³-hybridized carbons (Fsp3) is 0.565. The van der Waals surface area contributed by atoms with Gasteiger partial charge in [-0.1, -0.05) is 24.8 Å². The maximum absolute atomic E-state index is 12.9. The quantitative estimate of drug-likeness (QED) is 0.350. The molecule has 5 rings (SSSR count). The van der Waals surface area contributed by atoms with E-state index >= 15 is 0 Å². The van der Waals surface area contributed by atoms with Gasteiger partial charge in [-0.2, -0.15) is 0 Å². The molecule has 142 valence electrons. The van der Waals surface area contributed by atoms with Gasteiger partial charge in [0.2, 0.25) is 0 Å². The van der Waals surface area contributed by atoms with Gasteiger partial charge in [0.25, 0.3) is 0 Å². The van der Waals surface area contributed by atoms with E-state index in [0.717, 1.165) is 12.8 Å². The highest BCUT2D eigenvalue weighted by atomic mass is 16.5. The van der Waals surface area contributed by atoms with Crippen LogP contribution in [0, 0.1) is 40.9 Å². The second-order valence-corrected chi connectivity index (χ2v) is 8.87. The Morgan fingerprint density at radius 1 is 1.07 bits per heavy atom. The second-order valence-electron chi connectivity index (χ2n) is 8.87. The molecule has 1 aromatic carbocycles. The first-order valence-electron chi connectivity index (χ1n) is 10.1. The van der Waals surface area contributed by atoms with E-state index in [2.05, 4.69) is 6.58 Å². The maximum atomic E-state index is 12.9. The zero-order valence-corrected chi connectivity index (χ0v) is 15.7. The number of hydrogen-bond acceptors (Lipinski definition) is 4. The molecule has 0 aromatic heterocycles. The molecule has 4 aliphatic rings. The molecule has 7 atom stereocenters. The van der Waals surface area contributed by atoms with Gasteiger partial charge in [0.05, 0.1) is 13.0 Å². The van der Waals surface area contributed by atoms with Crippen LogP contribution in [-0.4, -0.2) is 19.0 Å². The summed E-state index contributed by atoms with van der Waals surface area (Å²) in [5.41, 5.74) is 0.536. The van der Waals surface area contributed by atoms with Crippen LogP contribution in [0.2, 0.25) is 0 Å². The molecule has 0 N–H and O–H groups in total. The molecule has 0 saturated heterocycles. The third-order valence-corrected chi connectivity index (χ3v) is 8.18. The van der Waals surface area contributed by atoms with Gasteiger partial charge in [0.15, 0.2) is 0 Å². The summed E-state index contributed by atoms with van der Waals surface area (Å²) in [6.45, 7) is 4.23. The molecule has 0 spiro atoms. The zero-order chi connectivity index (χ0) is 18.8. The average molecular weight is 366 g/mol. The smallest absolute Gasteiger partial charge is 0.333 e. The lowest BCUT2D eigenvalue weighted by Crippen LogP contribution is -2.48. The number of esters is 2. The fourth-order valence-corrected chi connectivity index (χ4v) is 7.55. The van der Waals surface area contributed by atoms with Crippen molar-refractivity contribution in [2.45, 2.75) is 32.1 Å². The summed E-state index contributed by atoms with van der Waals surface area (Å²) in [5.74, 6) is 2.37. The van der Waals surface area contributed by atoms with Gasteiger partial charge < -0.3 is 9.47 Å². The lowest BCUT2D eigenvalue weighted by Gasteiger charge is -2.49. The van der Waals surface area contributed by atoms with E-state index in [1.165, 1.54) is 26.4 Å². The fourth-order valence-electron chi connectivity index (χ4n) is 7.55. The summed E-state index contributed by atoms with van der Waals surface area (Å²) in [6, 6.07) is 9.32. The summed E-state index contributed by atoms with van der Waals surface area (Å²) < 4.78 is 10.8. The molecule has 4 heteroatoms. The number of methoxy groups -OCH3 is 1. The van der Waals surface area contributed by atoms with Crippen LogP contribution >= 0.6 is 0 Å². The highest BCUT2D eigenvalue weighted by molar-refractivity contribution is 5.90. The number of fused-ring (bicyclic) bond motifs is 9. The molecule has 4 aliphatic carbocycles. The summed E-state index contributed by atoms with van der Waals surface area (Å²) in [7, 11) is 1.44. The molecule has 1 aromatic rings. The Balaban J connectivity index is 1.44. The monoisotopic (exact) mass is 366 g/mol. The van der Waals surface area contributed by atoms with Crippen LogP contribution in [-0.2, 0) is 14.3 Å². The van der Waals surface area contributed by atoms with Crippen molar-refractivity contribution in [3.8, 4) is 5.75 Å². The van der Waals surface area contributed by atoms with Crippen LogP contribution in [0.5, 0.6) is 5.75 Å². The number of hydrogen-bond donors (Lipinski definition) is 0. The normalized spacial score (nSPS) is 40.6. The van der Waals surface area contributed by atoms with Crippen LogP contribution < -0.4 is 4.74 Å². The van der Waals surface area contributed by atoms with E-state index in [1.54, 1.807) is 0 Å². The Labute approximate surface area is 159 Å². The lowest BCUT2D eigenvalue weighted by molar-refractivity contribution is -0.144. The topological polar surface area (TPSA) is 52.6 Å². The minimum atomic E-state index is -0.261. The third kappa shape index (κ3) is 2.16. The van der Waals surface area contributed by atoms with Gasteiger partial charge in [0, 0.05) is 11.0 Å². The molecule has 0 amide bonds. The van der Waals surface area contributed by atoms with Crippen LogP contribution in [0.15, 0.2) is 42.5 Å². The van der Waals surface area contributed by atoms with E-state index in [-0.39, 0.29) is 23.3 Å². The third-order valence-electron chi connectivity index (χ3n) is 8.18. The highest BCUT2D eigenvalue weighted by Crippen LogP contribution is 2.77. The first kappa shape index (κ1) is 17.0. The standard InChI is InChI=1S/C23H26O4/c1-13(21(24)26-2)23-15-9-8-14(10-15)20(23)18-11-16(23)12-19(18)22(25)27-17-6-4-3-5-7-17/h3-7,14-16,18-20H,1,8-12H2,2H3. The first-order valence-corrected chi connectivity index (χ1v) is 10.1. The van der Waals surface area contributed by atoms with E-state index in [0.29, 0.717) is 40.9 Å². The minimum Gasteiger partial charge on any atom is -0.466 e. The average Bonchev–Trinajstić information content (AvgIpc) is 3.45. The van der Waals surface area contributed by atoms with Crippen molar-refractivity contribution in [1.82, 2.24) is 0 Å². The molecule has 0 radical (unpaired) electrons. The van der Waals surface area contributed by atoms with Gasteiger partial charge >= 0.3 is 11.9 Å². The second kappa shape index (κ2) is 5.95. The number of benzene rings is 1. The van der Waals surface area contributed by atoms with E-state index in [4.69, 9.17) is 9.47 Å². The molecular formula is C23H26O4. The van der Waals surface area contributed by atoms with Crippen molar-refractivity contribution in [3.63, 3.8) is 0 Å². The number of para-hydroxylation sites is 1. The molecule has 4 nitrogen and oxygen atoms in total. The van der Waals surface area contributed by atoms with Crippen molar-refractivity contribution in [1.29, 1.82) is 0 Å². The van der Waals surface area contributed by atoms with Crippen molar-refractivity contribution in [3.05, 3.63) is 42.5 Å². The Morgan fingerprint density at radius 2 is 1.85 bits per heavy atom. The number of ether oxygens (including phenoxy) is 2. The van der Waals surface area contributed by atoms with Crippen LogP contribution in [0.4, 0.5) is 0 Å². The summed E-state index contributed by atoms with van der Waals surface area (Å²) in [6.07, 6.45) is 5.40. The Kier molecular flexibility index (Phi) is 3.75. The van der Waals surface area contributed by atoms with Crippen LogP contribution in [0.3, 0.4) is 0 Å². The summed E-state index contributed by atoms with van der Waals surface area (Å²) >= 11 is 0. The molecule has 4 bridgehead atoms. The van der Waals surface area contributed by atoms with E-state index in [1.807, 2.05) is 30.3 Å². The Bertz CT molecular complexity index is 800. The molecule has 0 heterocycles. The van der Waals surface area contributed by atoms with Crippen molar-refractivity contribution in [2.24, 2.45) is 40.9 Å². The predicted molar refractivity (Wildman–Crippen MR) is 99.7 cm³/mol. The lowest BCUT2D eigenvalue weighted by atomic mass is 9.54. The molecule has 4 fully saturated rings. The number of rotatable bonds is 4. The van der Waals surface area contributed by atoms with Gasteiger partial charge in [-0.3, -0.25) is 4.79 Å². The molecule has 27 heavy (non-hydrogen) atoms. The van der Waals surface area contributed by atoms with Crippen molar-refractivity contribution in [2.75, 3.05) is 7.11 Å². The molecule has 0 aliphatic heterocycles. The van der Waals surface area contributed by atoms with Crippen LogP contribution in [0.25, 0.3) is 0 Å². The summed E-state index contributed by atoms with van der Waals surface area (Å²) in [4.78, 5) is 25.4. The molecule has 7 unspecified atom stereocenters. The van der Waals surface area contributed by atoms with Crippen LogP contribution in [0.1, 0.15) is 32.1 Å². The predicted octanol–water partition coefficient (Wildman–Crippen LogP) is 4.01. The minimum absolute atomic E-state index is 0.0573. The van der Waals surface area contributed by atoms with Crippen molar-refractivity contribution < 1.29 is 19.1 Å². The first-order chi connectivity index (χ1) is 13.1. The number of carbonyl (C=O) groups excluding carboxylic acids is 2. The zero-order valence-electron chi connectivity index (χ0n) is 15.7. The van der Waals surface area contributed by atoms with Gasteiger partial charge in [-0.25, -0.2) is 4.79 Å². The van der Waals surface area contributed by atoms with E-state index in [9.17, 15) is 9.59 Å². The highest BCUT2D eigenvalue weighted by Gasteiger charge is 2.73.